The van der Waals surface area contributed by atoms with Crippen LogP contribution in [0.2, 0.25) is 5.02 Å². The van der Waals surface area contributed by atoms with Crippen molar-refractivity contribution in [1.29, 1.82) is 0 Å². The number of halogens is 1. The summed E-state index contributed by atoms with van der Waals surface area (Å²) in [5.74, 6) is 0.488. The molecular weight excluding hydrogens is 428 g/mol. The molecule has 0 saturated carbocycles. The standard InChI is InChI=1S/C25H21ClN2O4/c1-3-32-21-14-10-19(11-15-21)28-24(29)22(16-4-6-17(26)7-5-16)23(25(28)30)27-18-8-12-20(31-2)13-9-18/h4-15,27H,3H2,1-2H3. The van der Waals surface area contributed by atoms with Gasteiger partial charge in [0.15, 0.2) is 0 Å². The molecule has 0 radical (unpaired) electrons. The van der Waals surface area contributed by atoms with Gasteiger partial charge >= 0.3 is 0 Å². The van der Waals surface area contributed by atoms with Crippen LogP contribution < -0.4 is 19.7 Å². The van der Waals surface area contributed by atoms with Crippen molar-refractivity contribution in [2.75, 3.05) is 23.9 Å². The lowest BCUT2D eigenvalue weighted by Gasteiger charge is -2.16. The predicted molar refractivity (Wildman–Crippen MR) is 125 cm³/mol. The summed E-state index contributed by atoms with van der Waals surface area (Å²) in [6, 6.07) is 20.8. The topological polar surface area (TPSA) is 67.9 Å². The lowest BCUT2D eigenvalue weighted by Crippen LogP contribution is -2.32. The Morgan fingerprint density at radius 3 is 2.06 bits per heavy atom. The number of rotatable bonds is 7. The highest BCUT2D eigenvalue weighted by atomic mass is 35.5. The highest BCUT2D eigenvalue weighted by Crippen LogP contribution is 2.35. The minimum absolute atomic E-state index is 0.191. The Kier molecular flexibility index (Phi) is 6.14. The maximum atomic E-state index is 13.4. The van der Waals surface area contributed by atoms with Crippen LogP contribution in [0.25, 0.3) is 5.57 Å². The molecule has 162 valence electrons. The fourth-order valence-electron chi connectivity index (χ4n) is 3.44. The number of carbonyl (C=O) groups excluding carboxylic acids is 2. The van der Waals surface area contributed by atoms with Crippen LogP contribution in [-0.2, 0) is 9.59 Å². The van der Waals surface area contributed by atoms with Crippen LogP contribution in [0.15, 0.2) is 78.5 Å². The number of hydrogen-bond acceptors (Lipinski definition) is 5. The van der Waals surface area contributed by atoms with E-state index in [9.17, 15) is 9.59 Å². The first-order valence-electron chi connectivity index (χ1n) is 10.0. The summed E-state index contributed by atoms with van der Waals surface area (Å²) in [6.07, 6.45) is 0. The Morgan fingerprint density at radius 1 is 0.844 bits per heavy atom. The summed E-state index contributed by atoms with van der Waals surface area (Å²) in [4.78, 5) is 28.0. The van der Waals surface area contributed by atoms with Gasteiger partial charge in [0.25, 0.3) is 11.8 Å². The van der Waals surface area contributed by atoms with E-state index in [0.29, 0.717) is 40.1 Å². The molecule has 7 heteroatoms. The quantitative estimate of drug-likeness (QED) is 0.506. The average molecular weight is 449 g/mol. The molecule has 0 bridgehead atoms. The molecule has 32 heavy (non-hydrogen) atoms. The van der Waals surface area contributed by atoms with Gasteiger partial charge in [0.05, 0.1) is 25.0 Å². The van der Waals surface area contributed by atoms with Crippen LogP contribution in [-0.4, -0.2) is 25.5 Å². The van der Waals surface area contributed by atoms with E-state index in [1.54, 1.807) is 79.9 Å². The Hall–Kier alpha value is -3.77. The molecule has 0 unspecified atom stereocenters. The van der Waals surface area contributed by atoms with Crippen molar-refractivity contribution < 1.29 is 19.1 Å². The Balaban J connectivity index is 1.74. The van der Waals surface area contributed by atoms with Gasteiger partial charge in [0.2, 0.25) is 0 Å². The van der Waals surface area contributed by atoms with Crippen LogP contribution in [0.3, 0.4) is 0 Å². The summed E-state index contributed by atoms with van der Waals surface area (Å²) in [7, 11) is 1.58. The molecule has 1 N–H and O–H groups in total. The third-order valence-corrected chi connectivity index (χ3v) is 5.23. The summed E-state index contributed by atoms with van der Waals surface area (Å²) < 4.78 is 10.7. The molecule has 3 aromatic carbocycles. The van der Waals surface area contributed by atoms with Crippen molar-refractivity contribution in [3.05, 3.63) is 89.1 Å². The first kappa shape index (κ1) is 21.5. The first-order valence-corrected chi connectivity index (χ1v) is 10.4. The largest absolute Gasteiger partial charge is 0.497 e. The molecule has 0 spiro atoms. The molecule has 0 aromatic heterocycles. The van der Waals surface area contributed by atoms with Gasteiger partial charge in [-0.15, -0.1) is 0 Å². The smallest absolute Gasteiger partial charge is 0.282 e. The van der Waals surface area contributed by atoms with E-state index < -0.39 is 11.8 Å². The number of methoxy groups -OCH3 is 1. The number of hydrogen-bond donors (Lipinski definition) is 1. The van der Waals surface area contributed by atoms with Crippen molar-refractivity contribution in [2.24, 2.45) is 0 Å². The van der Waals surface area contributed by atoms with E-state index >= 15 is 0 Å². The summed E-state index contributed by atoms with van der Waals surface area (Å²) in [5, 5.41) is 3.66. The Morgan fingerprint density at radius 2 is 1.47 bits per heavy atom. The fraction of sp³-hybridized carbons (Fsp3) is 0.120. The minimum atomic E-state index is -0.445. The lowest BCUT2D eigenvalue weighted by atomic mass is 10.0. The second-order valence-electron chi connectivity index (χ2n) is 6.98. The van der Waals surface area contributed by atoms with Crippen molar-refractivity contribution >= 4 is 40.4 Å². The number of nitrogens with zero attached hydrogens (tertiary/aromatic N) is 1. The molecule has 0 saturated heterocycles. The Bertz CT molecular complexity index is 1170. The van der Waals surface area contributed by atoms with Gasteiger partial charge in [-0.3, -0.25) is 9.59 Å². The van der Waals surface area contributed by atoms with Crippen molar-refractivity contribution in [2.45, 2.75) is 6.92 Å². The van der Waals surface area contributed by atoms with E-state index in [2.05, 4.69) is 5.32 Å². The molecule has 1 aliphatic heterocycles. The summed E-state index contributed by atoms with van der Waals surface area (Å²) in [5.41, 5.74) is 2.17. The minimum Gasteiger partial charge on any atom is -0.497 e. The number of nitrogens with one attached hydrogen (secondary N) is 1. The summed E-state index contributed by atoms with van der Waals surface area (Å²) >= 11 is 6.03. The van der Waals surface area contributed by atoms with E-state index in [1.807, 2.05) is 6.92 Å². The number of ether oxygens (including phenoxy) is 2. The summed E-state index contributed by atoms with van der Waals surface area (Å²) in [6.45, 7) is 2.42. The van der Waals surface area contributed by atoms with Gasteiger partial charge in [-0.25, -0.2) is 4.90 Å². The second-order valence-corrected chi connectivity index (χ2v) is 7.42. The maximum absolute atomic E-state index is 13.4. The monoisotopic (exact) mass is 448 g/mol. The van der Waals surface area contributed by atoms with Crippen LogP contribution in [0.5, 0.6) is 11.5 Å². The zero-order chi connectivity index (χ0) is 22.7. The fourth-order valence-corrected chi connectivity index (χ4v) is 3.57. The Labute approximate surface area is 191 Å². The first-order chi connectivity index (χ1) is 15.5. The van der Waals surface area contributed by atoms with Gasteiger partial charge in [-0.2, -0.15) is 0 Å². The molecule has 0 aliphatic carbocycles. The zero-order valence-corrected chi connectivity index (χ0v) is 18.3. The van der Waals surface area contributed by atoms with Gasteiger partial charge < -0.3 is 14.8 Å². The van der Waals surface area contributed by atoms with Gasteiger partial charge in [0.1, 0.15) is 17.2 Å². The molecular formula is C25H21ClN2O4. The van der Waals surface area contributed by atoms with Crippen molar-refractivity contribution in [1.82, 2.24) is 0 Å². The molecule has 0 fully saturated rings. The van der Waals surface area contributed by atoms with Crippen molar-refractivity contribution in [3.8, 4) is 11.5 Å². The average Bonchev–Trinajstić information content (AvgIpc) is 3.05. The van der Waals surface area contributed by atoms with Gasteiger partial charge in [-0.05, 0) is 73.2 Å². The number of anilines is 2. The highest BCUT2D eigenvalue weighted by molar-refractivity contribution is 6.46. The van der Waals surface area contributed by atoms with Crippen molar-refractivity contribution in [3.63, 3.8) is 0 Å². The molecule has 4 rings (SSSR count). The lowest BCUT2D eigenvalue weighted by molar-refractivity contribution is -0.120. The van der Waals surface area contributed by atoms with Crippen LogP contribution in [0.4, 0.5) is 11.4 Å². The highest BCUT2D eigenvalue weighted by Gasteiger charge is 2.40. The third kappa shape index (κ3) is 4.18. The molecule has 3 aromatic rings. The van der Waals surface area contributed by atoms with Crippen LogP contribution in [0.1, 0.15) is 12.5 Å². The van der Waals surface area contributed by atoms with E-state index in [-0.39, 0.29) is 11.3 Å². The maximum Gasteiger partial charge on any atom is 0.282 e. The number of carbonyl (C=O) groups is 2. The number of benzene rings is 3. The second kappa shape index (κ2) is 9.16. The SMILES string of the molecule is CCOc1ccc(N2C(=O)C(Nc3ccc(OC)cc3)=C(c3ccc(Cl)cc3)C2=O)cc1. The zero-order valence-electron chi connectivity index (χ0n) is 17.6. The predicted octanol–water partition coefficient (Wildman–Crippen LogP) is 5.14. The number of imide groups is 1. The molecule has 6 nitrogen and oxygen atoms in total. The molecule has 2 amide bonds. The number of amides is 2. The van der Waals surface area contributed by atoms with E-state index in [0.717, 1.165) is 4.90 Å². The normalized spacial score (nSPS) is 13.5. The van der Waals surface area contributed by atoms with Gasteiger partial charge in [-0.1, -0.05) is 23.7 Å². The van der Waals surface area contributed by atoms with E-state index in [1.165, 1.54) is 0 Å². The van der Waals surface area contributed by atoms with Crippen LogP contribution >= 0.6 is 11.6 Å². The third-order valence-electron chi connectivity index (χ3n) is 4.98. The molecule has 0 atom stereocenters. The molecule has 1 aliphatic rings. The van der Waals surface area contributed by atoms with Crippen LogP contribution in [0, 0.1) is 0 Å². The van der Waals surface area contributed by atoms with Gasteiger partial charge in [0, 0.05) is 10.7 Å². The molecule has 1 heterocycles. The van der Waals surface area contributed by atoms with E-state index in [4.69, 9.17) is 21.1 Å².